The molecule has 0 spiro atoms. The SMILES string of the molecule is CCNC(=O)NC(=O)[C@@H](Oc1ccc(C=O)cc1OCC)c1ccccc1. The van der Waals surface area contributed by atoms with Crippen LogP contribution < -0.4 is 20.1 Å². The number of benzene rings is 2. The molecule has 0 saturated carbocycles. The molecule has 0 unspecified atom stereocenters. The van der Waals surface area contributed by atoms with Gasteiger partial charge >= 0.3 is 6.03 Å². The van der Waals surface area contributed by atoms with Gasteiger partial charge in [-0.2, -0.15) is 0 Å². The van der Waals surface area contributed by atoms with Gasteiger partial charge in [-0.3, -0.25) is 14.9 Å². The normalized spacial score (nSPS) is 11.2. The van der Waals surface area contributed by atoms with E-state index >= 15 is 0 Å². The van der Waals surface area contributed by atoms with Crippen LogP contribution in [0.15, 0.2) is 48.5 Å². The minimum atomic E-state index is -1.07. The van der Waals surface area contributed by atoms with Crippen molar-refractivity contribution in [3.8, 4) is 11.5 Å². The molecule has 2 N–H and O–H groups in total. The lowest BCUT2D eigenvalue weighted by Gasteiger charge is -2.20. The van der Waals surface area contributed by atoms with E-state index in [2.05, 4.69) is 10.6 Å². The summed E-state index contributed by atoms with van der Waals surface area (Å²) in [6.07, 6.45) is -0.377. The van der Waals surface area contributed by atoms with Crippen LogP contribution in [0.25, 0.3) is 0 Å². The summed E-state index contributed by atoms with van der Waals surface area (Å²) < 4.78 is 11.4. The van der Waals surface area contributed by atoms with Crippen LogP contribution in [0.2, 0.25) is 0 Å². The summed E-state index contributed by atoms with van der Waals surface area (Å²) in [6, 6.07) is 12.9. The maximum atomic E-state index is 12.6. The van der Waals surface area contributed by atoms with E-state index in [1.165, 1.54) is 6.07 Å². The van der Waals surface area contributed by atoms with Crippen molar-refractivity contribution < 1.29 is 23.9 Å². The molecule has 0 radical (unpaired) electrons. The number of ether oxygens (including phenoxy) is 2. The summed E-state index contributed by atoms with van der Waals surface area (Å²) in [5.74, 6) is 0.0188. The van der Waals surface area contributed by atoms with E-state index in [9.17, 15) is 14.4 Å². The van der Waals surface area contributed by atoms with E-state index in [0.29, 0.717) is 42.1 Å². The average molecular weight is 370 g/mol. The molecule has 0 aliphatic heterocycles. The van der Waals surface area contributed by atoms with E-state index in [0.717, 1.165) is 0 Å². The summed E-state index contributed by atoms with van der Waals surface area (Å²) in [7, 11) is 0. The van der Waals surface area contributed by atoms with Gasteiger partial charge in [-0.05, 0) is 32.0 Å². The van der Waals surface area contributed by atoms with Crippen LogP contribution in [0.3, 0.4) is 0 Å². The van der Waals surface area contributed by atoms with Crippen LogP contribution >= 0.6 is 0 Å². The third-order valence-electron chi connectivity index (χ3n) is 3.56. The number of hydrogen-bond acceptors (Lipinski definition) is 5. The fourth-order valence-corrected chi connectivity index (χ4v) is 2.37. The predicted octanol–water partition coefficient (Wildman–Crippen LogP) is 2.86. The topological polar surface area (TPSA) is 93.7 Å². The molecule has 142 valence electrons. The van der Waals surface area contributed by atoms with E-state index < -0.39 is 18.0 Å². The number of carbonyl (C=O) groups excluding carboxylic acids is 3. The number of rotatable bonds is 8. The fourth-order valence-electron chi connectivity index (χ4n) is 2.37. The van der Waals surface area contributed by atoms with Gasteiger partial charge in [0.25, 0.3) is 5.91 Å². The van der Waals surface area contributed by atoms with Crippen molar-refractivity contribution in [3.63, 3.8) is 0 Å². The van der Waals surface area contributed by atoms with Crippen molar-refractivity contribution in [2.24, 2.45) is 0 Å². The molecular weight excluding hydrogens is 348 g/mol. The molecule has 7 nitrogen and oxygen atoms in total. The third-order valence-corrected chi connectivity index (χ3v) is 3.56. The quantitative estimate of drug-likeness (QED) is 0.697. The number of urea groups is 1. The molecule has 0 bridgehead atoms. The minimum Gasteiger partial charge on any atom is -0.490 e. The second-order valence-corrected chi connectivity index (χ2v) is 5.51. The standard InChI is InChI=1S/C20H22N2O5/c1-3-21-20(25)22-19(24)18(15-8-6-5-7-9-15)27-16-11-10-14(13-23)12-17(16)26-4-2/h5-13,18H,3-4H2,1-2H3,(H2,21,22,24,25)/t18-/m0/s1. The first-order chi connectivity index (χ1) is 13.1. The maximum absolute atomic E-state index is 12.6. The Morgan fingerprint density at radius 3 is 2.44 bits per heavy atom. The fraction of sp³-hybridized carbons (Fsp3) is 0.250. The summed E-state index contributed by atoms with van der Waals surface area (Å²) in [5, 5.41) is 4.77. The molecule has 27 heavy (non-hydrogen) atoms. The van der Waals surface area contributed by atoms with E-state index in [1.807, 2.05) is 6.07 Å². The number of amides is 3. The molecule has 0 saturated heterocycles. The number of carbonyl (C=O) groups is 3. The van der Waals surface area contributed by atoms with Gasteiger partial charge in [0.1, 0.15) is 6.29 Å². The van der Waals surface area contributed by atoms with E-state index in [1.54, 1.807) is 50.2 Å². The van der Waals surface area contributed by atoms with Crippen LogP contribution in [0.5, 0.6) is 11.5 Å². The predicted molar refractivity (Wildman–Crippen MR) is 100 cm³/mol. The van der Waals surface area contributed by atoms with Crippen molar-refractivity contribution in [1.29, 1.82) is 0 Å². The molecule has 0 aliphatic rings. The summed E-state index contributed by atoms with van der Waals surface area (Å²) in [5.41, 5.74) is 0.995. The lowest BCUT2D eigenvalue weighted by molar-refractivity contribution is -0.127. The molecule has 2 rings (SSSR count). The van der Waals surface area contributed by atoms with Crippen molar-refractivity contribution in [3.05, 3.63) is 59.7 Å². The van der Waals surface area contributed by atoms with Gasteiger partial charge in [0.2, 0.25) is 6.10 Å². The van der Waals surface area contributed by atoms with Gasteiger partial charge < -0.3 is 14.8 Å². The Morgan fingerprint density at radius 1 is 1.07 bits per heavy atom. The van der Waals surface area contributed by atoms with Crippen LogP contribution in [0.1, 0.15) is 35.9 Å². The second kappa shape index (κ2) is 9.96. The Balaban J connectivity index is 2.33. The third kappa shape index (κ3) is 5.57. The van der Waals surface area contributed by atoms with Crippen molar-refractivity contribution >= 4 is 18.2 Å². The number of hydrogen-bond donors (Lipinski definition) is 2. The lowest BCUT2D eigenvalue weighted by Crippen LogP contribution is -2.42. The van der Waals surface area contributed by atoms with Gasteiger partial charge in [0.15, 0.2) is 11.5 Å². The second-order valence-electron chi connectivity index (χ2n) is 5.51. The Labute approximate surface area is 157 Å². The zero-order valence-corrected chi connectivity index (χ0v) is 15.2. The smallest absolute Gasteiger partial charge is 0.321 e. The molecule has 2 aromatic rings. The first kappa shape index (κ1) is 20.0. The molecule has 0 aliphatic carbocycles. The summed E-state index contributed by atoms with van der Waals surface area (Å²) in [6.45, 7) is 4.30. The van der Waals surface area contributed by atoms with Crippen LogP contribution in [0, 0.1) is 0 Å². The zero-order valence-electron chi connectivity index (χ0n) is 15.2. The lowest BCUT2D eigenvalue weighted by atomic mass is 10.1. The van der Waals surface area contributed by atoms with Gasteiger partial charge in [0.05, 0.1) is 6.61 Å². The number of aldehydes is 1. The Kier molecular flexibility index (Phi) is 7.37. The monoisotopic (exact) mass is 370 g/mol. The molecule has 0 fully saturated rings. The highest BCUT2D eigenvalue weighted by molar-refractivity contribution is 5.97. The Morgan fingerprint density at radius 2 is 1.81 bits per heavy atom. The zero-order chi connectivity index (χ0) is 19.6. The molecule has 0 aromatic heterocycles. The van der Waals surface area contributed by atoms with Crippen LogP contribution in [-0.2, 0) is 4.79 Å². The van der Waals surface area contributed by atoms with Crippen molar-refractivity contribution in [1.82, 2.24) is 10.6 Å². The minimum absolute atomic E-state index is 0.294. The van der Waals surface area contributed by atoms with Gasteiger partial charge in [-0.1, -0.05) is 30.3 Å². The largest absolute Gasteiger partial charge is 0.490 e. The van der Waals surface area contributed by atoms with Gasteiger partial charge in [-0.25, -0.2) is 4.79 Å². The Bertz CT molecular complexity index is 792. The Hall–Kier alpha value is -3.35. The molecule has 0 heterocycles. The average Bonchev–Trinajstić information content (AvgIpc) is 2.67. The van der Waals surface area contributed by atoms with E-state index in [-0.39, 0.29) is 0 Å². The van der Waals surface area contributed by atoms with Crippen LogP contribution in [0.4, 0.5) is 4.79 Å². The molecule has 2 aromatic carbocycles. The van der Waals surface area contributed by atoms with E-state index in [4.69, 9.17) is 9.47 Å². The first-order valence-electron chi connectivity index (χ1n) is 8.61. The van der Waals surface area contributed by atoms with Gasteiger partial charge in [0, 0.05) is 17.7 Å². The van der Waals surface area contributed by atoms with Crippen molar-refractivity contribution in [2.75, 3.05) is 13.2 Å². The van der Waals surface area contributed by atoms with Crippen molar-refractivity contribution in [2.45, 2.75) is 20.0 Å². The maximum Gasteiger partial charge on any atom is 0.321 e. The molecule has 1 atom stereocenters. The van der Waals surface area contributed by atoms with Crippen LogP contribution in [-0.4, -0.2) is 31.4 Å². The summed E-state index contributed by atoms with van der Waals surface area (Å²) >= 11 is 0. The van der Waals surface area contributed by atoms with Gasteiger partial charge in [-0.15, -0.1) is 0 Å². The highest BCUT2D eigenvalue weighted by atomic mass is 16.5. The molecule has 3 amide bonds. The highest BCUT2D eigenvalue weighted by Gasteiger charge is 2.25. The first-order valence-corrected chi connectivity index (χ1v) is 8.61. The molecular formula is C20H22N2O5. The molecule has 7 heteroatoms. The summed E-state index contributed by atoms with van der Waals surface area (Å²) in [4.78, 5) is 35.4. The number of imide groups is 1. The number of nitrogens with one attached hydrogen (secondary N) is 2. The highest BCUT2D eigenvalue weighted by Crippen LogP contribution is 2.32.